The quantitative estimate of drug-likeness (QED) is 0.732. The van der Waals surface area contributed by atoms with Crippen molar-refractivity contribution in [3.05, 3.63) is 72.6 Å². The van der Waals surface area contributed by atoms with E-state index in [9.17, 15) is 0 Å². The topological polar surface area (TPSA) is 9.23 Å². The SMILES string of the molecule is [CH2]c1cccc(OCc2ccccc2)c1. The third-order valence-corrected chi connectivity index (χ3v) is 2.15. The summed E-state index contributed by atoms with van der Waals surface area (Å²) in [6, 6.07) is 17.9. The van der Waals surface area contributed by atoms with Crippen LogP contribution in [0.2, 0.25) is 0 Å². The molecule has 1 nitrogen and oxygen atoms in total. The number of hydrogen-bond acceptors (Lipinski definition) is 1. The van der Waals surface area contributed by atoms with E-state index in [-0.39, 0.29) is 0 Å². The lowest BCUT2D eigenvalue weighted by Crippen LogP contribution is -1.94. The van der Waals surface area contributed by atoms with Crippen LogP contribution in [0.15, 0.2) is 54.6 Å². The normalized spacial score (nSPS) is 9.93. The molecule has 1 radical (unpaired) electrons. The zero-order valence-corrected chi connectivity index (χ0v) is 8.52. The van der Waals surface area contributed by atoms with Gasteiger partial charge in [-0.05, 0) is 30.2 Å². The minimum Gasteiger partial charge on any atom is -0.489 e. The molecule has 2 rings (SSSR count). The van der Waals surface area contributed by atoms with Crippen molar-refractivity contribution in [2.75, 3.05) is 0 Å². The van der Waals surface area contributed by atoms with Gasteiger partial charge in [0, 0.05) is 0 Å². The Morgan fingerprint density at radius 2 is 1.73 bits per heavy atom. The molecule has 15 heavy (non-hydrogen) atoms. The molecular formula is C14H13O. The fourth-order valence-electron chi connectivity index (χ4n) is 1.38. The van der Waals surface area contributed by atoms with Crippen LogP contribution in [0.5, 0.6) is 5.75 Å². The summed E-state index contributed by atoms with van der Waals surface area (Å²) in [6.07, 6.45) is 0. The fourth-order valence-corrected chi connectivity index (χ4v) is 1.38. The second-order valence-electron chi connectivity index (χ2n) is 3.42. The molecule has 0 atom stereocenters. The third-order valence-electron chi connectivity index (χ3n) is 2.15. The molecule has 0 fully saturated rings. The molecule has 0 aliphatic carbocycles. The monoisotopic (exact) mass is 197 g/mol. The standard InChI is InChI=1S/C14H13O/c1-12-6-5-9-14(10-12)15-11-13-7-3-2-4-8-13/h2-10H,1,11H2. The Bertz CT molecular complexity index is 420. The van der Waals surface area contributed by atoms with E-state index in [2.05, 4.69) is 6.92 Å². The van der Waals surface area contributed by atoms with Gasteiger partial charge in [-0.2, -0.15) is 0 Å². The van der Waals surface area contributed by atoms with Gasteiger partial charge in [-0.1, -0.05) is 42.5 Å². The Labute approximate surface area is 90.3 Å². The van der Waals surface area contributed by atoms with Gasteiger partial charge in [0.2, 0.25) is 0 Å². The van der Waals surface area contributed by atoms with Gasteiger partial charge >= 0.3 is 0 Å². The summed E-state index contributed by atoms with van der Waals surface area (Å²) in [5.41, 5.74) is 2.15. The molecule has 0 N–H and O–H groups in total. The highest BCUT2D eigenvalue weighted by molar-refractivity contribution is 5.30. The smallest absolute Gasteiger partial charge is 0.120 e. The minimum atomic E-state index is 0.601. The van der Waals surface area contributed by atoms with Gasteiger partial charge in [-0.15, -0.1) is 0 Å². The minimum absolute atomic E-state index is 0.601. The second-order valence-corrected chi connectivity index (χ2v) is 3.42. The Morgan fingerprint density at radius 1 is 0.933 bits per heavy atom. The lowest BCUT2D eigenvalue weighted by atomic mass is 10.2. The molecule has 0 aliphatic rings. The van der Waals surface area contributed by atoms with Crippen molar-refractivity contribution in [2.45, 2.75) is 6.61 Å². The van der Waals surface area contributed by atoms with Gasteiger partial charge < -0.3 is 4.74 Å². The zero-order chi connectivity index (χ0) is 10.5. The number of hydrogen-bond donors (Lipinski definition) is 0. The van der Waals surface area contributed by atoms with Crippen molar-refractivity contribution in [2.24, 2.45) is 0 Å². The van der Waals surface area contributed by atoms with E-state index >= 15 is 0 Å². The van der Waals surface area contributed by atoms with Crippen LogP contribution in [-0.4, -0.2) is 0 Å². The molecular weight excluding hydrogens is 184 g/mol. The largest absolute Gasteiger partial charge is 0.489 e. The van der Waals surface area contributed by atoms with E-state index in [1.165, 1.54) is 5.56 Å². The average molecular weight is 197 g/mol. The molecule has 0 amide bonds. The van der Waals surface area contributed by atoms with Crippen LogP contribution in [0.4, 0.5) is 0 Å². The van der Waals surface area contributed by atoms with Gasteiger partial charge in [0.15, 0.2) is 0 Å². The van der Waals surface area contributed by atoms with Gasteiger partial charge in [0.1, 0.15) is 12.4 Å². The molecule has 2 aromatic rings. The van der Waals surface area contributed by atoms with E-state index in [0.717, 1.165) is 11.3 Å². The van der Waals surface area contributed by atoms with Gasteiger partial charge in [-0.25, -0.2) is 0 Å². The molecule has 0 heterocycles. The summed E-state index contributed by atoms with van der Waals surface area (Å²) < 4.78 is 5.63. The van der Waals surface area contributed by atoms with E-state index in [1.807, 2.05) is 54.6 Å². The second kappa shape index (κ2) is 4.65. The van der Waals surface area contributed by atoms with Crippen LogP contribution >= 0.6 is 0 Å². The summed E-state index contributed by atoms with van der Waals surface area (Å²) in [4.78, 5) is 0. The predicted octanol–water partition coefficient (Wildman–Crippen LogP) is 3.45. The molecule has 75 valence electrons. The number of ether oxygens (including phenoxy) is 1. The summed E-state index contributed by atoms with van der Waals surface area (Å²) >= 11 is 0. The molecule has 0 aliphatic heterocycles. The third kappa shape index (κ3) is 2.84. The van der Waals surface area contributed by atoms with Crippen molar-refractivity contribution >= 4 is 0 Å². The Morgan fingerprint density at radius 3 is 2.47 bits per heavy atom. The van der Waals surface area contributed by atoms with Crippen molar-refractivity contribution < 1.29 is 4.74 Å². The highest BCUT2D eigenvalue weighted by Gasteiger charge is 1.94. The van der Waals surface area contributed by atoms with Gasteiger partial charge in [0.05, 0.1) is 0 Å². The molecule has 0 aromatic heterocycles. The first-order valence-corrected chi connectivity index (χ1v) is 4.93. The lowest BCUT2D eigenvalue weighted by molar-refractivity contribution is 0.306. The molecule has 0 unspecified atom stereocenters. The first kappa shape index (κ1) is 9.78. The van der Waals surface area contributed by atoms with E-state index in [1.54, 1.807) is 0 Å². The van der Waals surface area contributed by atoms with Crippen LogP contribution in [-0.2, 0) is 6.61 Å². The molecule has 0 saturated heterocycles. The predicted molar refractivity (Wildman–Crippen MR) is 61.7 cm³/mol. The van der Waals surface area contributed by atoms with Gasteiger partial charge in [-0.3, -0.25) is 0 Å². The fraction of sp³-hybridized carbons (Fsp3) is 0.0714. The van der Waals surface area contributed by atoms with E-state index in [4.69, 9.17) is 4.74 Å². The summed E-state index contributed by atoms with van der Waals surface area (Å²) in [5.74, 6) is 0.867. The molecule has 0 spiro atoms. The maximum Gasteiger partial charge on any atom is 0.120 e. The first-order chi connectivity index (χ1) is 7.34. The van der Waals surface area contributed by atoms with Gasteiger partial charge in [0.25, 0.3) is 0 Å². The van der Waals surface area contributed by atoms with Crippen molar-refractivity contribution in [1.82, 2.24) is 0 Å². The van der Waals surface area contributed by atoms with Crippen molar-refractivity contribution in [3.63, 3.8) is 0 Å². The number of benzene rings is 2. The maximum atomic E-state index is 5.63. The molecule has 1 heteroatoms. The van der Waals surface area contributed by atoms with E-state index in [0.29, 0.717) is 6.61 Å². The Hall–Kier alpha value is -1.76. The summed E-state index contributed by atoms with van der Waals surface area (Å²) in [5, 5.41) is 0. The Balaban J connectivity index is 1.99. The highest BCUT2D eigenvalue weighted by Crippen LogP contribution is 2.14. The highest BCUT2D eigenvalue weighted by atomic mass is 16.5. The van der Waals surface area contributed by atoms with Crippen molar-refractivity contribution in [1.29, 1.82) is 0 Å². The summed E-state index contributed by atoms with van der Waals surface area (Å²) in [7, 11) is 0. The van der Waals surface area contributed by atoms with Crippen LogP contribution in [0.3, 0.4) is 0 Å². The van der Waals surface area contributed by atoms with Crippen LogP contribution in [0, 0.1) is 6.92 Å². The molecule has 0 saturated carbocycles. The summed E-state index contributed by atoms with van der Waals surface area (Å²) in [6.45, 7) is 4.46. The van der Waals surface area contributed by atoms with E-state index < -0.39 is 0 Å². The van der Waals surface area contributed by atoms with Crippen molar-refractivity contribution in [3.8, 4) is 5.75 Å². The maximum absolute atomic E-state index is 5.63. The van der Waals surface area contributed by atoms with Crippen LogP contribution in [0.25, 0.3) is 0 Å². The number of rotatable bonds is 3. The lowest BCUT2D eigenvalue weighted by Gasteiger charge is -2.06. The first-order valence-electron chi connectivity index (χ1n) is 4.93. The molecule has 2 aromatic carbocycles. The van der Waals surface area contributed by atoms with Crippen LogP contribution in [0.1, 0.15) is 11.1 Å². The zero-order valence-electron chi connectivity index (χ0n) is 8.52. The average Bonchev–Trinajstić information content (AvgIpc) is 2.28. The van der Waals surface area contributed by atoms with Crippen LogP contribution < -0.4 is 4.74 Å². The molecule has 0 bridgehead atoms. The Kier molecular flexibility index (Phi) is 3.03.